The first kappa shape index (κ1) is 31.8. The molecular formula is C49H28N6OS. The van der Waals surface area contributed by atoms with E-state index in [2.05, 4.69) is 108 Å². The van der Waals surface area contributed by atoms with Crippen molar-refractivity contribution in [3.8, 4) is 51.4 Å². The third-order valence-corrected chi connectivity index (χ3v) is 11.9. The van der Waals surface area contributed by atoms with Gasteiger partial charge in [-0.15, -0.1) is 11.3 Å². The Labute approximate surface area is 329 Å². The summed E-state index contributed by atoms with van der Waals surface area (Å²) in [6.45, 7) is 0. The Bertz CT molecular complexity index is 3480. The highest BCUT2D eigenvalue weighted by Crippen LogP contribution is 2.42. The first-order valence-corrected chi connectivity index (χ1v) is 19.6. The van der Waals surface area contributed by atoms with Gasteiger partial charge in [-0.2, -0.15) is 9.97 Å². The minimum atomic E-state index is 0.574. The molecule has 0 spiro atoms. The molecule has 0 radical (unpaired) electrons. The van der Waals surface area contributed by atoms with Crippen molar-refractivity contribution in [1.82, 2.24) is 29.5 Å². The molecule has 57 heavy (non-hydrogen) atoms. The highest BCUT2D eigenvalue weighted by molar-refractivity contribution is 7.26. The number of nitrogens with zero attached hydrogens (tertiary/aromatic N) is 6. The highest BCUT2D eigenvalue weighted by atomic mass is 32.1. The summed E-state index contributed by atoms with van der Waals surface area (Å²) in [6.07, 6.45) is 0. The first-order valence-electron chi connectivity index (χ1n) is 18.8. The molecule has 0 saturated heterocycles. The van der Waals surface area contributed by atoms with Crippen LogP contribution in [0.2, 0.25) is 0 Å². The van der Waals surface area contributed by atoms with Crippen molar-refractivity contribution >= 4 is 75.4 Å². The monoisotopic (exact) mass is 748 g/mol. The van der Waals surface area contributed by atoms with Crippen molar-refractivity contribution < 1.29 is 4.42 Å². The van der Waals surface area contributed by atoms with Gasteiger partial charge in [0.15, 0.2) is 23.1 Å². The summed E-state index contributed by atoms with van der Waals surface area (Å²) in [5, 5.41) is 5.56. The number of rotatable bonds is 5. The summed E-state index contributed by atoms with van der Waals surface area (Å²) in [7, 11) is 0. The van der Waals surface area contributed by atoms with E-state index in [1.165, 1.54) is 0 Å². The largest absolute Gasteiger partial charge is 0.452 e. The molecule has 7 nitrogen and oxygen atoms in total. The summed E-state index contributed by atoms with van der Waals surface area (Å²) >= 11 is 1.73. The Morgan fingerprint density at radius 2 is 1.07 bits per heavy atom. The van der Waals surface area contributed by atoms with Crippen molar-refractivity contribution in [2.45, 2.75) is 0 Å². The van der Waals surface area contributed by atoms with Crippen LogP contribution in [0.1, 0.15) is 0 Å². The molecule has 12 rings (SSSR count). The molecule has 5 heterocycles. The van der Waals surface area contributed by atoms with E-state index in [0.717, 1.165) is 86.4 Å². The van der Waals surface area contributed by atoms with Gasteiger partial charge in [-0.05, 0) is 36.4 Å². The average Bonchev–Trinajstić information content (AvgIpc) is 3.96. The second kappa shape index (κ2) is 12.5. The number of aromatic nitrogens is 6. The number of benzene rings is 7. The lowest BCUT2D eigenvalue weighted by molar-refractivity contribution is 0.667. The van der Waals surface area contributed by atoms with Crippen LogP contribution in [0.3, 0.4) is 0 Å². The van der Waals surface area contributed by atoms with Crippen LogP contribution in [0.5, 0.6) is 0 Å². The van der Waals surface area contributed by atoms with Crippen LogP contribution in [0.25, 0.3) is 115 Å². The fourth-order valence-corrected chi connectivity index (χ4v) is 9.32. The van der Waals surface area contributed by atoms with Crippen molar-refractivity contribution in [2.24, 2.45) is 0 Å². The predicted octanol–water partition coefficient (Wildman–Crippen LogP) is 12.7. The number of hydrogen-bond donors (Lipinski definition) is 0. The van der Waals surface area contributed by atoms with E-state index < -0.39 is 0 Å². The summed E-state index contributed by atoms with van der Waals surface area (Å²) in [5.74, 6) is 2.45. The molecule has 7 aromatic carbocycles. The topological polar surface area (TPSA) is 82.5 Å². The molecule has 0 N–H and O–H groups in total. The van der Waals surface area contributed by atoms with Gasteiger partial charge >= 0.3 is 0 Å². The van der Waals surface area contributed by atoms with Crippen LogP contribution in [-0.2, 0) is 0 Å². The Kier molecular flexibility index (Phi) is 6.96. The SMILES string of the molecule is c1ccc(-c2nc(-c3cccc4c3sc3cc(-c5nc(-c6ccccc6)c6oc7ccccc7c6n5)ccc34)nc(-n3c4ccccc4c4ccccc43)n2)cc1. The van der Waals surface area contributed by atoms with Gasteiger partial charge in [0.05, 0.1) is 11.0 Å². The normalized spacial score (nSPS) is 11.9. The van der Waals surface area contributed by atoms with Crippen LogP contribution in [0.15, 0.2) is 174 Å². The fraction of sp³-hybridized carbons (Fsp3) is 0. The van der Waals surface area contributed by atoms with Crippen molar-refractivity contribution in [3.05, 3.63) is 170 Å². The lowest BCUT2D eigenvalue weighted by Crippen LogP contribution is -2.06. The minimum Gasteiger partial charge on any atom is -0.452 e. The van der Waals surface area contributed by atoms with Crippen LogP contribution in [-0.4, -0.2) is 29.5 Å². The van der Waals surface area contributed by atoms with E-state index in [1.807, 2.05) is 66.7 Å². The summed E-state index contributed by atoms with van der Waals surface area (Å²) < 4.78 is 10.7. The molecule has 0 atom stereocenters. The third-order valence-electron chi connectivity index (χ3n) is 10.7. The van der Waals surface area contributed by atoms with E-state index in [1.54, 1.807) is 11.3 Å². The average molecular weight is 749 g/mol. The maximum absolute atomic E-state index is 6.36. The van der Waals surface area contributed by atoms with Crippen LogP contribution < -0.4 is 0 Å². The molecule has 0 aliphatic rings. The summed E-state index contributed by atoms with van der Waals surface area (Å²) in [6, 6.07) is 58.1. The maximum Gasteiger partial charge on any atom is 0.238 e. The molecule has 0 unspecified atom stereocenters. The van der Waals surface area contributed by atoms with Gasteiger partial charge in [0.1, 0.15) is 16.8 Å². The zero-order chi connectivity index (χ0) is 37.5. The molecule has 0 fully saturated rings. The molecule has 0 amide bonds. The fourth-order valence-electron chi connectivity index (χ4n) is 8.06. The van der Waals surface area contributed by atoms with Crippen molar-refractivity contribution in [3.63, 3.8) is 0 Å². The third kappa shape index (κ3) is 5.01. The van der Waals surface area contributed by atoms with Crippen LogP contribution in [0, 0.1) is 0 Å². The Hall–Kier alpha value is -7.55. The molecule has 12 aromatic rings. The summed E-state index contributed by atoms with van der Waals surface area (Å²) in [5.41, 5.74) is 8.92. The lowest BCUT2D eigenvalue weighted by Gasteiger charge is -2.11. The second-order valence-electron chi connectivity index (χ2n) is 14.1. The lowest BCUT2D eigenvalue weighted by atomic mass is 10.1. The quantitative estimate of drug-likeness (QED) is 0.174. The molecule has 0 aliphatic heterocycles. The molecule has 0 bridgehead atoms. The highest BCUT2D eigenvalue weighted by Gasteiger charge is 2.21. The van der Waals surface area contributed by atoms with E-state index in [-0.39, 0.29) is 0 Å². The molecular weight excluding hydrogens is 721 g/mol. The van der Waals surface area contributed by atoms with Gasteiger partial charge in [0.25, 0.3) is 0 Å². The van der Waals surface area contributed by atoms with Gasteiger partial charge in [0.2, 0.25) is 5.95 Å². The van der Waals surface area contributed by atoms with E-state index in [9.17, 15) is 0 Å². The number of furan rings is 1. The van der Waals surface area contributed by atoms with Gasteiger partial charge in [-0.25, -0.2) is 15.0 Å². The number of thiophene rings is 1. The number of hydrogen-bond acceptors (Lipinski definition) is 7. The van der Waals surface area contributed by atoms with Gasteiger partial charge in [-0.1, -0.05) is 133 Å². The summed E-state index contributed by atoms with van der Waals surface area (Å²) in [4.78, 5) is 25.8. The predicted molar refractivity (Wildman–Crippen MR) is 232 cm³/mol. The smallest absolute Gasteiger partial charge is 0.238 e. The standard InChI is InChI=1S/C49H28N6OS/c1-3-14-29(15-4-1)42-44-43(36-20-9-12-25-40(36)56-44)51-47(50-42)31-26-27-34-35-21-13-22-37(45(35)57-41(34)28-31)48-52-46(30-16-5-2-6-17-30)53-49(54-48)55-38-23-10-7-18-32(38)33-19-8-11-24-39(33)55/h1-28H. The Morgan fingerprint density at radius 1 is 0.439 bits per heavy atom. The second-order valence-corrected chi connectivity index (χ2v) is 15.1. The first-order chi connectivity index (χ1) is 28.2. The maximum atomic E-state index is 6.36. The molecule has 266 valence electrons. The van der Waals surface area contributed by atoms with Crippen LogP contribution in [0.4, 0.5) is 0 Å². The van der Waals surface area contributed by atoms with Crippen LogP contribution >= 0.6 is 11.3 Å². The van der Waals surface area contributed by atoms with E-state index in [0.29, 0.717) is 29.0 Å². The Morgan fingerprint density at radius 3 is 1.84 bits per heavy atom. The van der Waals surface area contributed by atoms with Crippen molar-refractivity contribution in [2.75, 3.05) is 0 Å². The number of fused-ring (bicyclic) bond motifs is 9. The van der Waals surface area contributed by atoms with E-state index in [4.69, 9.17) is 29.3 Å². The number of para-hydroxylation sites is 3. The zero-order valence-electron chi connectivity index (χ0n) is 30.2. The molecule has 0 aliphatic carbocycles. The molecule has 8 heteroatoms. The van der Waals surface area contributed by atoms with Gasteiger partial charge in [-0.3, -0.25) is 4.57 Å². The van der Waals surface area contributed by atoms with Gasteiger partial charge in [0, 0.05) is 58.6 Å². The zero-order valence-corrected chi connectivity index (χ0v) is 31.0. The van der Waals surface area contributed by atoms with Crippen molar-refractivity contribution in [1.29, 1.82) is 0 Å². The Balaban J connectivity index is 1.06. The molecule has 0 saturated carbocycles. The van der Waals surface area contributed by atoms with E-state index >= 15 is 0 Å². The van der Waals surface area contributed by atoms with Gasteiger partial charge < -0.3 is 4.42 Å². The minimum absolute atomic E-state index is 0.574. The molecule has 5 aromatic heterocycles.